The zero-order valence-corrected chi connectivity index (χ0v) is 16.4. The molecular formula is C20H21ClN2O5. The lowest BCUT2D eigenvalue weighted by atomic mass is 10.2. The van der Waals surface area contributed by atoms with Crippen LogP contribution in [0.5, 0.6) is 5.75 Å². The molecule has 0 aromatic heterocycles. The van der Waals surface area contributed by atoms with E-state index in [1.54, 1.807) is 48.5 Å². The maximum absolute atomic E-state index is 12.3. The highest BCUT2D eigenvalue weighted by molar-refractivity contribution is 6.30. The number of benzene rings is 2. The highest BCUT2D eigenvalue weighted by Gasteiger charge is 2.24. The largest absolute Gasteiger partial charge is 0.495 e. The first-order chi connectivity index (χ1) is 13.3. The molecule has 0 heterocycles. The molecule has 2 N–H and O–H groups in total. The van der Waals surface area contributed by atoms with Crippen molar-refractivity contribution < 1.29 is 23.9 Å². The van der Waals surface area contributed by atoms with E-state index in [1.165, 1.54) is 21.0 Å². The van der Waals surface area contributed by atoms with E-state index < -0.39 is 29.9 Å². The summed E-state index contributed by atoms with van der Waals surface area (Å²) in [7, 11) is 1.49. The van der Waals surface area contributed by atoms with Gasteiger partial charge in [0.05, 0.1) is 12.8 Å². The number of ether oxygens (including phenoxy) is 2. The summed E-state index contributed by atoms with van der Waals surface area (Å²) in [6, 6.07) is 12.2. The van der Waals surface area contributed by atoms with Gasteiger partial charge in [0.2, 0.25) is 0 Å². The standard InChI is InChI=1S/C20H21ClN2O5/c1-12(22-19(25)14-8-10-15(21)11-9-14)20(26)28-13(2)18(24)23-16-6-4-5-7-17(16)27-3/h4-13H,1-3H3,(H,22,25)(H,23,24)/t12-,13+/m0/s1. The van der Waals surface area contributed by atoms with Gasteiger partial charge in [-0.1, -0.05) is 23.7 Å². The van der Waals surface area contributed by atoms with Crippen LogP contribution in [0.3, 0.4) is 0 Å². The summed E-state index contributed by atoms with van der Waals surface area (Å²) in [5.74, 6) is -1.22. The van der Waals surface area contributed by atoms with Crippen LogP contribution in [0.15, 0.2) is 48.5 Å². The second kappa shape index (κ2) is 9.75. The first-order valence-corrected chi connectivity index (χ1v) is 8.90. The Hall–Kier alpha value is -3.06. The smallest absolute Gasteiger partial charge is 0.329 e. The normalized spacial score (nSPS) is 12.4. The Bertz CT molecular complexity index is 854. The second-order valence-corrected chi connectivity index (χ2v) is 6.41. The van der Waals surface area contributed by atoms with Gasteiger partial charge >= 0.3 is 5.97 Å². The van der Waals surface area contributed by atoms with E-state index in [0.29, 0.717) is 22.0 Å². The summed E-state index contributed by atoms with van der Waals surface area (Å²) >= 11 is 5.78. The minimum absolute atomic E-state index is 0.353. The zero-order chi connectivity index (χ0) is 20.7. The van der Waals surface area contributed by atoms with Gasteiger partial charge in [-0.15, -0.1) is 0 Å². The third kappa shape index (κ3) is 5.72. The highest BCUT2D eigenvalue weighted by atomic mass is 35.5. The van der Waals surface area contributed by atoms with Crippen LogP contribution >= 0.6 is 11.6 Å². The second-order valence-electron chi connectivity index (χ2n) is 5.97. The number of nitrogens with one attached hydrogen (secondary N) is 2. The van der Waals surface area contributed by atoms with Crippen molar-refractivity contribution in [1.82, 2.24) is 5.32 Å². The van der Waals surface area contributed by atoms with E-state index in [-0.39, 0.29) is 0 Å². The van der Waals surface area contributed by atoms with Gasteiger partial charge in [-0.25, -0.2) is 4.79 Å². The van der Waals surface area contributed by atoms with Crippen molar-refractivity contribution >= 4 is 35.1 Å². The van der Waals surface area contributed by atoms with Gasteiger partial charge in [0.15, 0.2) is 6.10 Å². The molecule has 7 nitrogen and oxygen atoms in total. The number of hydrogen-bond acceptors (Lipinski definition) is 5. The zero-order valence-electron chi connectivity index (χ0n) is 15.7. The minimum Gasteiger partial charge on any atom is -0.495 e. The Morgan fingerprint density at radius 1 is 1.00 bits per heavy atom. The summed E-state index contributed by atoms with van der Waals surface area (Å²) in [5.41, 5.74) is 0.813. The minimum atomic E-state index is -1.06. The average Bonchev–Trinajstić information content (AvgIpc) is 2.68. The number of methoxy groups -OCH3 is 1. The van der Waals surface area contributed by atoms with Crippen LogP contribution in [-0.4, -0.2) is 37.0 Å². The lowest BCUT2D eigenvalue weighted by molar-refractivity contribution is -0.154. The van der Waals surface area contributed by atoms with Crippen molar-refractivity contribution in [2.75, 3.05) is 12.4 Å². The lowest BCUT2D eigenvalue weighted by Crippen LogP contribution is -2.42. The third-order valence-electron chi connectivity index (χ3n) is 3.83. The van der Waals surface area contributed by atoms with Crippen LogP contribution in [0.25, 0.3) is 0 Å². The van der Waals surface area contributed by atoms with Crippen molar-refractivity contribution in [1.29, 1.82) is 0 Å². The van der Waals surface area contributed by atoms with Gasteiger partial charge in [-0.3, -0.25) is 9.59 Å². The third-order valence-corrected chi connectivity index (χ3v) is 4.09. The Balaban J connectivity index is 1.90. The number of carbonyl (C=O) groups excluding carboxylic acids is 3. The number of rotatable bonds is 7. The molecule has 0 unspecified atom stereocenters. The van der Waals surface area contributed by atoms with Crippen LogP contribution < -0.4 is 15.4 Å². The van der Waals surface area contributed by atoms with E-state index in [0.717, 1.165) is 0 Å². The molecule has 0 saturated heterocycles. The summed E-state index contributed by atoms with van der Waals surface area (Å²) in [6.07, 6.45) is -1.06. The molecule has 2 aromatic rings. The van der Waals surface area contributed by atoms with Gasteiger partial charge < -0.3 is 20.1 Å². The van der Waals surface area contributed by atoms with Crippen molar-refractivity contribution in [2.45, 2.75) is 26.0 Å². The Labute approximate surface area is 168 Å². The molecular weight excluding hydrogens is 384 g/mol. The first kappa shape index (κ1) is 21.2. The van der Waals surface area contributed by atoms with E-state index in [9.17, 15) is 14.4 Å². The van der Waals surface area contributed by atoms with Crippen molar-refractivity contribution in [3.8, 4) is 5.75 Å². The number of hydrogen-bond donors (Lipinski definition) is 2. The van der Waals surface area contributed by atoms with Gasteiger partial charge in [0, 0.05) is 10.6 Å². The maximum Gasteiger partial charge on any atom is 0.329 e. The molecule has 2 rings (SSSR count). The fourth-order valence-corrected chi connectivity index (χ4v) is 2.38. The molecule has 2 atom stereocenters. The number of amides is 2. The topological polar surface area (TPSA) is 93.7 Å². The van der Waals surface area contributed by atoms with E-state index in [1.807, 2.05) is 0 Å². The molecule has 0 saturated carbocycles. The van der Waals surface area contributed by atoms with E-state index >= 15 is 0 Å². The van der Waals surface area contributed by atoms with Crippen LogP contribution in [0.1, 0.15) is 24.2 Å². The number of halogens is 1. The van der Waals surface area contributed by atoms with Crippen molar-refractivity contribution in [3.05, 3.63) is 59.1 Å². The molecule has 0 bridgehead atoms. The molecule has 0 radical (unpaired) electrons. The van der Waals surface area contributed by atoms with Gasteiger partial charge in [-0.2, -0.15) is 0 Å². The maximum atomic E-state index is 12.3. The van der Waals surface area contributed by atoms with E-state index in [4.69, 9.17) is 21.1 Å². The van der Waals surface area contributed by atoms with Crippen molar-refractivity contribution in [3.63, 3.8) is 0 Å². The Morgan fingerprint density at radius 2 is 1.64 bits per heavy atom. The predicted octanol–water partition coefficient (Wildman–Crippen LogP) is 3.04. The summed E-state index contributed by atoms with van der Waals surface area (Å²) < 4.78 is 10.3. The summed E-state index contributed by atoms with van der Waals surface area (Å²) in [6.45, 7) is 2.91. The van der Waals surface area contributed by atoms with Crippen LogP contribution in [0, 0.1) is 0 Å². The predicted molar refractivity (Wildman–Crippen MR) is 106 cm³/mol. The number of carbonyl (C=O) groups is 3. The quantitative estimate of drug-likeness (QED) is 0.692. The van der Waals surface area contributed by atoms with Gasteiger partial charge in [0.1, 0.15) is 11.8 Å². The molecule has 0 aliphatic heterocycles. The number of anilines is 1. The molecule has 0 fully saturated rings. The molecule has 8 heteroatoms. The van der Waals surface area contributed by atoms with E-state index in [2.05, 4.69) is 10.6 Å². The molecule has 28 heavy (non-hydrogen) atoms. The molecule has 148 valence electrons. The van der Waals surface area contributed by atoms with Crippen LogP contribution in [0.4, 0.5) is 5.69 Å². The van der Waals surface area contributed by atoms with Gasteiger partial charge in [0.25, 0.3) is 11.8 Å². The fraction of sp³-hybridized carbons (Fsp3) is 0.250. The van der Waals surface area contributed by atoms with Crippen LogP contribution in [0.2, 0.25) is 5.02 Å². The van der Waals surface area contributed by atoms with Gasteiger partial charge in [-0.05, 0) is 50.2 Å². The Morgan fingerprint density at radius 3 is 2.29 bits per heavy atom. The SMILES string of the molecule is COc1ccccc1NC(=O)[C@@H](C)OC(=O)[C@H](C)NC(=O)c1ccc(Cl)cc1. The lowest BCUT2D eigenvalue weighted by Gasteiger charge is -2.18. The van der Waals surface area contributed by atoms with Crippen molar-refractivity contribution in [2.24, 2.45) is 0 Å². The molecule has 0 aliphatic rings. The summed E-state index contributed by atoms with van der Waals surface area (Å²) in [5, 5.41) is 5.65. The summed E-state index contributed by atoms with van der Waals surface area (Å²) in [4.78, 5) is 36.6. The molecule has 2 aromatic carbocycles. The number of para-hydroxylation sites is 2. The van der Waals surface area contributed by atoms with Crippen LogP contribution in [-0.2, 0) is 14.3 Å². The fourth-order valence-electron chi connectivity index (χ4n) is 2.25. The molecule has 2 amide bonds. The average molecular weight is 405 g/mol. The highest BCUT2D eigenvalue weighted by Crippen LogP contribution is 2.23. The first-order valence-electron chi connectivity index (χ1n) is 8.52. The monoisotopic (exact) mass is 404 g/mol. The molecule has 0 spiro atoms. The Kier molecular flexibility index (Phi) is 7.40. The number of esters is 1. The molecule has 0 aliphatic carbocycles.